The maximum absolute atomic E-state index is 13.1. The maximum atomic E-state index is 13.1. The Bertz CT molecular complexity index is 1040. The van der Waals surface area contributed by atoms with E-state index < -0.39 is 41.6 Å². The lowest BCUT2D eigenvalue weighted by atomic mass is 10.0. The second-order valence-electron chi connectivity index (χ2n) is 11.4. The normalized spacial score (nSPS) is 13.6. The minimum Gasteiger partial charge on any atom is -0.444 e. The summed E-state index contributed by atoms with van der Waals surface area (Å²) in [5.74, 6) is -1.31. The highest BCUT2D eigenvalue weighted by molar-refractivity contribution is 5.98. The van der Waals surface area contributed by atoms with Crippen molar-refractivity contribution in [2.45, 2.75) is 84.5 Å². The molecule has 0 saturated carbocycles. The van der Waals surface area contributed by atoms with Crippen LogP contribution in [0, 0.1) is 5.92 Å². The average Bonchev–Trinajstić information content (AvgIpc) is 2.83. The van der Waals surface area contributed by atoms with Gasteiger partial charge in [-0.05, 0) is 77.6 Å². The highest BCUT2D eigenvalue weighted by Crippen LogP contribution is 2.14. The Morgan fingerprint density at radius 3 is 2.07 bits per heavy atom. The molecule has 0 fully saturated rings. The number of primary amides is 2. The molecule has 13 nitrogen and oxygen atoms in total. The summed E-state index contributed by atoms with van der Waals surface area (Å²) in [7, 11) is 1.86. The van der Waals surface area contributed by atoms with Gasteiger partial charge in [-0.15, -0.1) is 0 Å². The molecular weight excluding hydrogens is 530 g/mol. The Labute approximate surface area is 242 Å². The van der Waals surface area contributed by atoms with E-state index in [1.165, 1.54) is 6.92 Å². The minimum atomic E-state index is -0.967. The largest absolute Gasteiger partial charge is 0.444 e. The number of nitrogens with zero attached hydrogens (tertiary/aromatic N) is 1. The molecule has 3 unspecified atom stereocenters. The lowest BCUT2D eigenvalue weighted by Crippen LogP contribution is -2.52. The number of nitrogens with two attached hydrogens (primary N) is 2. The number of hydrogen-bond acceptors (Lipinski definition) is 7. The van der Waals surface area contributed by atoms with Crippen molar-refractivity contribution in [3.05, 3.63) is 29.8 Å². The Morgan fingerprint density at radius 2 is 1.56 bits per heavy atom. The molecular formula is C28H47N7O6. The van der Waals surface area contributed by atoms with Crippen LogP contribution in [0.3, 0.4) is 0 Å². The third kappa shape index (κ3) is 13.8. The first-order chi connectivity index (χ1) is 19.0. The van der Waals surface area contributed by atoms with Crippen molar-refractivity contribution >= 4 is 35.5 Å². The first-order valence-electron chi connectivity index (χ1n) is 13.7. The zero-order chi connectivity index (χ0) is 31.3. The quantitative estimate of drug-likeness (QED) is 0.170. The van der Waals surface area contributed by atoms with Crippen LogP contribution in [0.15, 0.2) is 24.3 Å². The van der Waals surface area contributed by atoms with E-state index in [1.54, 1.807) is 32.9 Å². The number of ether oxygens (including phenoxy) is 1. The molecule has 0 aromatic heterocycles. The lowest BCUT2D eigenvalue weighted by Gasteiger charge is -2.28. The van der Waals surface area contributed by atoms with Crippen LogP contribution in [-0.4, -0.2) is 78.6 Å². The monoisotopic (exact) mass is 577 g/mol. The third-order valence-electron chi connectivity index (χ3n) is 6.10. The van der Waals surface area contributed by atoms with E-state index >= 15 is 0 Å². The van der Waals surface area contributed by atoms with Crippen molar-refractivity contribution in [3.8, 4) is 0 Å². The molecule has 0 aliphatic heterocycles. The Balaban J connectivity index is 2.83. The number of hydrogen-bond donors (Lipinski definition) is 6. The zero-order valence-electron chi connectivity index (χ0n) is 25.2. The molecule has 3 atom stereocenters. The smallest absolute Gasteiger partial charge is 0.408 e. The second-order valence-corrected chi connectivity index (χ2v) is 11.4. The molecule has 1 aromatic rings. The lowest BCUT2D eigenvalue weighted by molar-refractivity contribution is -0.127. The van der Waals surface area contributed by atoms with E-state index in [4.69, 9.17) is 16.2 Å². The first kappa shape index (κ1) is 35.2. The SMILES string of the molecule is CC(NC(=O)OC(C)(C)C)C(=O)NC(CCCNC(N)=O)C(=O)Nc1ccc(CCN(C)C(C(N)=O)C(C)C)cc1. The predicted octanol–water partition coefficient (Wildman–Crippen LogP) is 1.46. The van der Waals surface area contributed by atoms with Crippen molar-refractivity contribution < 1.29 is 28.7 Å². The molecule has 1 rings (SSSR count). The van der Waals surface area contributed by atoms with E-state index in [-0.39, 0.29) is 30.8 Å². The molecule has 6 amide bonds. The van der Waals surface area contributed by atoms with E-state index in [0.29, 0.717) is 25.1 Å². The van der Waals surface area contributed by atoms with Gasteiger partial charge in [-0.3, -0.25) is 19.3 Å². The molecule has 1 aromatic carbocycles. The number of carbonyl (C=O) groups excluding carboxylic acids is 5. The Morgan fingerprint density at radius 1 is 0.951 bits per heavy atom. The number of rotatable bonds is 15. The number of benzene rings is 1. The highest BCUT2D eigenvalue weighted by Gasteiger charge is 2.26. The number of amides is 6. The van der Waals surface area contributed by atoms with Crippen LogP contribution in [0.4, 0.5) is 15.3 Å². The van der Waals surface area contributed by atoms with E-state index in [9.17, 15) is 24.0 Å². The van der Waals surface area contributed by atoms with Crippen molar-refractivity contribution in [1.29, 1.82) is 0 Å². The molecule has 8 N–H and O–H groups in total. The van der Waals surface area contributed by atoms with Gasteiger partial charge in [-0.25, -0.2) is 9.59 Å². The first-order valence-corrected chi connectivity index (χ1v) is 13.7. The predicted molar refractivity (Wildman–Crippen MR) is 157 cm³/mol. The number of carbonyl (C=O) groups is 5. The number of anilines is 1. The van der Waals surface area contributed by atoms with Crippen LogP contribution < -0.4 is 32.7 Å². The topological polar surface area (TPSA) is 198 Å². The molecule has 0 saturated heterocycles. The van der Waals surface area contributed by atoms with Gasteiger partial charge in [0.2, 0.25) is 17.7 Å². The zero-order valence-corrected chi connectivity index (χ0v) is 25.2. The highest BCUT2D eigenvalue weighted by atomic mass is 16.6. The van der Waals surface area contributed by atoms with Crippen molar-refractivity contribution in [2.75, 3.05) is 25.5 Å². The molecule has 0 aliphatic carbocycles. The van der Waals surface area contributed by atoms with E-state index in [1.807, 2.05) is 37.9 Å². The molecule has 0 bridgehead atoms. The number of urea groups is 1. The molecule has 0 heterocycles. The minimum absolute atomic E-state index is 0.0891. The summed E-state index contributed by atoms with van der Waals surface area (Å²) >= 11 is 0. The number of nitrogens with one attached hydrogen (secondary N) is 4. The Kier molecular flexibility index (Phi) is 14.1. The average molecular weight is 578 g/mol. The van der Waals surface area contributed by atoms with E-state index in [0.717, 1.165) is 5.56 Å². The van der Waals surface area contributed by atoms with Gasteiger partial charge in [0, 0.05) is 18.8 Å². The van der Waals surface area contributed by atoms with Gasteiger partial charge in [-0.1, -0.05) is 26.0 Å². The van der Waals surface area contributed by atoms with Gasteiger partial charge in [0.15, 0.2) is 0 Å². The molecule has 13 heteroatoms. The van der Waals surface area contributed by atoms with Crippen LogP contribution in [0.5, 0.6) is 0 Å². The van der Waals surface area contributed by atoms with Gasteiger partial charge in [0.1, 0.15) is 17.7 Å². The number of likely N-dealkylation sites (N-methyl/N-ethyl adjacent to an activating group) is 1. The van der Waals surface area contributed by atoms with Crippen LogP contribution in [0.2, 0.25) is 0 Å². The molecule has 0 spiro atoms. The van der Waals surface area contributed by atoms with Gasteiger partial charge >= 0.3 is 12.1 Å². The van der Waals surface area contributed by atoms with Gasteiger partial charge < -0.3 is 37.5 Å². The van der Waals surface area contributed by atoms with Gasteiger partial charge in [0.25, 0.3) is 0 Å². The summed E-state index contributed by atoms with van der Waals surface area (Å²) in [6, 6.07) is 4.28. The van der Waals surface area contributed by atoms with Crippen molar-refractivity contribution in [2.24, 2.45) is 17.4 Å². The summed E-state index contributed by atoms with van der Waals surface area (Å²) in [6.45, 7) is 11.3. The fourth-order valence-electron chi connectivity index (χ4n) is 4.12. The fourth-order valence-corrected chi connectivity index (χ4v) is 4.12. The molecule has 0 radical (unpaired) electrons. The van der Waals surface area contributed by atoms with Crippen molar-refractivity contribution in [1.82, 2.24) is 20.9 Å². The summed E-state index contributed by atoms with van der Waals surface area (Å²) in [5, 5.41) is 10.4. The maximum Gasteiger partial charge on any atom is 0.408 e. The van der Waals surface area contributed by atoms with E-state index in [2.05, 4.69) is 21.3 Å². The van der Waals surface area contributed by atoms with Crippen LogP contribution in [-0.2, 0) is 25.5 Å². The summed E-state index contributed by atoms with van der Waals surface area (Å²) in [6.07, 6.45) is 0.491. The van der Waals surface area contributed by atoms with Crippen LogP contribution in [0.1, 0.15) is 59.9 Å². The standard InChI is InChI=1S/C28H47N7O6/c1-17(2)22(23(29)36)35(7)16-14-19-10-12-20(13-11-19)33-25(38)21(9-8-15-31-26(30)39)34-24(37)18(3)32-27(40)41-28(4,5)6/h10-13,17-18,21-22H,8-9,14-16H2,1-7H3,(H2,29,36)(H,32,40)(H,33,38)(H,34,37)(H3,30,31,39). The summed E-state index contributed by atoms with van der Waals surface area (Å²) in [5.41, 5.74) is 11.4. The molecule has 230 valence electrons. The summed E-state index contributed by atoms with van der Waals surface area (Å²) < 4.78 is 5.18. The molecule has 0 aliphatic rings. The van der Waals surface area contributed by atoms with Gasteiger partial charge in [-0.2, -0.15) is 0 Å². The summed E-state index contributed by atoms with van der Waals surface area (Å²) in [4.78, 5) is 62.6. The Hall–Kier alpha value is -3.87. The fraction of sp³-hybridized carbons (Fsp3) is 0.607. The third-order valence-corrected chi connectivity index (χ3v) is 6.10. The van der Waals surface area contributed by atoms with Crippen LogP contribution in [0.25, 0.3) is 0 Å². The van der Waals surface area contributed by atoms with Crippen LogP contribution >= 0.6 is 0 Å². The van der Waals surface area contributed by atoms with Crippen molar-refractivity contribution in [3.63, 3.8) is 0 Å². The van der Waals surface area contributed by atoms with Gasteiger partial charge in [0.05, 0.1) is 6.04 Å². The number of alkyl carbamates (subject to hydrolysis) is 1. The molecule has 41 heavy (non-hydrogen) atoms. The second kappa shape index (κ2) is 16.4.